The van der Waals surface area contributed by atoms with Gasteiger partial charge in [-0.3, -0.25) is 4.79 Å². The summed E-state index contributed by atoms with van der Waals surface area (Å²) < 4.78 is 22.7. The standard InChI is InChI=1S/C13H16O4S/c14-9-11-3-1-2-4-12(11)13(15)10-5-7-18(16,17)8-6-10/h1-4,9-10,13,15H,5-8H2. The van der Waals surface area contributed by atoms with E-state index in [1.54, 1.807) is 24.3 Å². The molecule has 1 aromatic carbocycles. The maximum Gasteiger partial charge on any atom is 0.150 e. The van der Waals surface area contributed by atoms with E-state index in [9.17, 15) is 18.3 Å². The first-order valence-corrected chi connectivity index (χ1v) is 7.78. The fourth-order valence-corrected chi connectivity index (χ4v) is 3.89. The second-order valence-electron chi connectivity index (χ2n) is 4.68. The summed E-state index contributed by atoms with van der Waals surface area (Å²) >= 11 is 0. The minimum absolute atomic E-state index is 0.0883. The molecule has 0 bridgehead atoms. The first kappa shape index (κ1) is 13.2. The van der Waals surface area contributed by atoms with E-state index in [4.69, 9.17) is 0 Å². The van der Waals surface area contributed by atoms with Gasteiger partial charge in [0.1, 0.15) is 16.1 Å². The minimum Gasteiger partial charge on any atom is -0.388 e. The average molecular weight is 268 g/mol. The molecule has 1 fully saturated rings. The third-order valence-corrected chi connectivity index (χ3v) is 5.20. The molecule has 1 heterocycles. The largest absolute Gasteiger partial charge is 0.388 e. The zero-order valence-electron chi connectivity index (χ0n) is 9.95. The molecule has 0 aromatic heterocycles. The predicted octanol–water partition coefficient (Wildman–Crippen LogP) is 1.36. The molecule has 5 heteroatoms. The molecule has 0 radical (unpaired) electrons. The number of carbonyl (C=O) groups excluding carboxylic acids is 1. The third-order valence-electron chi connectivity index (χ3n) is 3.49. The molecule has 0 aliphatic carbocycles. The second-order valence-corrected chi connectivity index (χ2v) is 6.98. The number of aliphatic hydroxyl groups excluding tert-OH is 1. The zero-order valence-corrected chi connectivity index (χ0v) is 10.8. The van der Waals surface area contributed by atoms with Gasteiger partial charge in [-0.2, -0.15) is 0 Å². The lowest BCUT2D eigenvalue weighted by Gasteiger charge is -2.27. The monoisotopic (exact) mass is 268 g/mol. The molecule has 18 heavy (non-hydrogen) atoms. The van der Waals surface area contributed by atoms with Crippen molar-refractivity contribution in [2.45, 2.75) is 18.9 Å². The summed E-state index contributed by atoms with van der Waals surface area (Å²) in [4.78, 5) is 10.9. The Hall–Kier alpha value is -1.20. The van der Waals surface area contributed by atoms with E-state index in [1.807, 2.05) is 0 Å². The van der Waals surface area contributed by atoms with Crippen LogP contribution < -0.4 is 0 Å². The Balaban J connectivity index is 2.17. The fraction of sp³-hybridized carbons (Fsp3) is 0.462. The number of aliphatic hydroxyl groups is 1. The molecular weight excluding hydrogens is 252 g/mol. The summed E-state index contributed by atoms with van der Waals surface area (Å²) in [6, 6.07) is 6.89. The number of carbonyl (C=O) groups is 1. The van der Waals surface area contributed by atoms with Gasteiger partial charge in [-0.25, -0.2) is 8.42 Å². The van der Waals surface area contributed by atoms with Crippen molar-refractivity contribution in [3.63, 3.8) is 0 Å². The lowest BCUT2D eigenvalue weighted by Crippen LogP contribution is -2.27. The van der Waals surface area contributed by atoms with Crippen LogP contribution in [0.15, 0.2) is 24.3 Å². The van der Waals surface area contributed by atoms with Crippen LogP contribution in [0.1, 0.15) is 34.9 Å². The summed E-state index contributed by atoms with van der Waals surface area (Å²) in [5, 5.41) is 10.3. The number of sulfone groups is 1. The van der Waals surface area contributed by atoms with Crippen molar-refractivity contribution in [3.05, 3.63) is 35.4 Å². The summed E-state index contributed by atoms with van der Waals surface area (Å²) in [7, 11) is -2.93. The smallest absolute Gasteiger partial charge is 0.150 e. The van der Waals surface area contributed by atoms with Crippen LogP contribution in [-0.4, -0.2) is 31.3 Å². The number of rotatable bonds is 3. The third kappa shape index (κ3) is 2.79. The summed E-state index contributed by atoms with van der Waals surface area (Å²) in [5.74, 6) is 0.158. The normalized spacial score (nSPS) is 21.4. The Kier molecular flexibility index (Phi) is 3.82. The molecule has 1 aliphatic heterocycles. The van der Waals surface area contributed by atoms with Crippen LogP contribution in [0.25, 0.3) is 0 Å². The van der Waals surface area contributed by atoms with Crippen LogP contribution in [0.4, 0.5) is 0 Å². The van der Waals surface area contributed by atoms with Gasteiger partial charge in [0.15, 0.2) is 0 Å². The van der Waals surface area contributed by atoms with Gasteiger partial charge in [-0.1, -0.05) is 24.3 Å². The lowest BCUT2D eigenvalue weighted by atomic mass is 9.89. The van der Waals surface area contributed by atoms with E-state index in [0.717, 1.165) is 6.29 Å². The Morgan fingerprint density at radius 2 is 1.83 bits per heavy atom. The second kappa shape index (κ2) is 5.20. The number of hydrogen-bond donors (Lipinski definition) is 1. The van der Waals surface area contributed by atoms with E-state index in [2.05, 4.69) is 0 Å². The Morgan fingerprint density at radius 1 is 1.22 bits per heavy atom. The molecule has 0 spiro atoms. The van der Waals surface area contributed by atoms with E-state index in [-0.39, 0.29) is 17.4 Å². The Labute approximate surface area is 107 Å². The van der Waals surface area contributed by atoms with Crippen molar-refractivity contribution < 1.29 is 18.3 Å². The van der Waals surface area contributed by atoms with Crippen molar-refractivity contribution in [2.75, 3.05) is 11.5 Å². The van der Waals surface area contributed by atoms with Crippen LogP contribution in [0.2, 0.25) is 0 Å². The van der Waals surface area contributed by atoms with Crippen molar-refractivity contribution in [1.82, 2.24) is 0 Å². The average Bonchev–Trinajstić information content (AvgIpc) is 2.38. The van der Waals surface area contributed by atoms with Gasteiger partial charge >= 0.3 is 0 Å². The zero-order chi connectivity index (χ0) is 13.2. The van der Waals surface area contributed by atoms with E-state index < -0.39 is 15.9 Å². The van der Waals surface area contributed by atoms with Gasteiger partial charge in [0.2, 0.25) is 0 Å². The molecule has 0 saturated carbocycles. The highest BCUT2D eigenvalue weighted by molar-refractivity contribution is 7.91. The van der Waals surface area contributed by atoms with Crippen LogP contribution >= 0.6 is 0 Å². The maximum atomic E-state index is 11.3. The SMILES string of the molecule is O=Cc1ccccc1C(O)C1CCS(=O)(=O)CC1. The van der Waals surface area contributed by atoms with Gasteiger partial charge in [-0.15, -0.1) is 0 Å². The topological polar surface area (TPSA) is 71.4 Å². The van der Waals surface area contributed by atoms with Gasteiger partial charge in [0.05, 0.1) is 17.6 Å². The molecule has 1 aromatic rings. The highest BCUT2D eigenvalue weighted by atomic mass is 32.2. The first-order valence-electron chi connectivity index (χ1n) is 5.96. The minimum atomic E-state index is -2.93. The van der Waals surface area contributed by atoms with Crippen molar-refractivity contribution in [2.24, 2.45) is 5.92 Å². The van der Waals surface area contributed by atoms with Crippen LogP contribution in [0, 0.1) is 5.92 Å². The molecular formula is C13H16O4S. The molecule has 98 valence electrons. The molecule has 1 aliphatic rings. The van der Waals surface area contributed by atoms with Crippen molar-refractivity contribution in [3.8, 4) is 0 Å². The molecule has 1 saturated heterocycles. The Morgan fingerprint density at radius 3 is 2.44 bits per heavy atom. The molecule has 1 unspecified atom stereocenters. The van der Waals surface area contributed by atoms with Gasteiger partial charge in [0, 0.05) is 5.56 Å². The highest BCUT2D eigenvalue weighted by Gasteiger charge is 2.30. The van der Waals surface area contributed by atoms with Crippen molar-refractivity contribution >= 4 is 16.1 Å². The molecule has 1 atom stereocenters. The molecule has 0 amide bonds. The molecule has 4 nitrogen and oxygen atoms in total. The quantitative estimate of drug-likeness (QED) is 0.840. The molecule has 1 N–H and O–H groups in total. The van der Waals surface area contributed by atoms with Crippen LogP contribution in [0.5, 0.6) is 0 Å². The summed E-state index contributed by atoms with van der Waals surface area (Å²) in [6.45, 7) is 0. The van der Waals surface area contributed by atoms with Crippen LogP contribution in [-0.2, 0) is 9.84 Å². The van der Waals surface area contributed by atoms with E-state index in [1.165, 1.54) is 0 Å². The Bertz CT molecular complexity index is 522. The van der Waals surface area contributed by atoms with Crippen LogP contribution in [0.3, 0.4) is 0 Å². The lowest BCUT2D eigenvalue weighted by molar-refractivity contribution is 0.0983. The first-order chi connectivity index (χ1) is 8.53. The van der Waals surface area contributed by atoms with Gasteiger partial charge < -0.3 is 5.11 Å². The van der Waals surface area contributed by atoms with Crippen molar-refractivity contribution in [1.29, 1.82) is 0 Å². The number of benzene rings is 1. The van der Waals surface area contributed by atoms with E-state index >= 15 is 0 Å². The predicted molar refractivity (Wildman–Crippen MR) is 68.2 cm³/mol. The number of hydrogen-bond acceptors (Lipinski definition) is 4. The highest BCUT2D eigenvalue weighted by Crippen LogP contribution is 2.32. The molecule has 2 rings (SSSR count). The fourth-order valence-electron chi connectivity index (χ4n) is 2.37. The van der Waals surface area contributed by atoms with Gasteiger partial charge in [-0.05, 0) is 24.3 Å². The maximum absolute atomic E-state index is 11.3. The summed E-state index contributed by atoms with van der Waals surface area (Å²) in [5.41, 5.74) is 1.07. The van der Waals surface area contributed by atoms with Gasteiger partial charge in [0.25, 0.3) is 0 Å². The number of aldehydes is 1. The summed E-state index contributed by atoms with van der Waals surface area (Å²) in [6.07, 6.45) is 0.868. The van der Waals surface area contributed by atoms with E-state index in [0.29, 0.717) is 24.0 Å².